The third-order valence-corrected chi connectivity index (χ3v) is 3.68. The molecule has 8 heteroatoms. The normalized spacial score (nSPS) is 17.2. The number of hydrogen-bond donors (Lipinski definition) is 2. The van der Waals surface area contributed by atoms with E-state index in [0.29, 0.717) is 5.56 Å². The fraction of sp³-hybridized carbons (Fsp3) is 0.250. The summed E-state index contributed by atoms with van der Waals surface area (Å²) in [6, 6.07) is 7.14. The van der Waals surface area contributed by atoms with Gasteiger partial charge in [0.2, 0.25) is 5.56 Å². The van der Waals surface area contributed by atoms with Gasteiger partial charge in [-0.25, -0.2) is 0 Å². The number of benzene rings is 1. The van der Waals surface area contributed by atoms with E-state index in [1.54, 1.807) is 6.07 Å². The van der Waals surface area contributed by atoms with Crippen LogP contribution in [0.2, 0.25) is 0 Å². The highest BCUT2D eigenvalue weighted by molar-refractivity contribution is 6.01. The van der Waals surface area contributed by atoms with Crippen molar-refractivity contribution in [3.8, 4) is 5.75 Å². The number of rotatable bonds is 3. The van der Waals surface area contributed by atoms with Crippen molar-refractivity contribution >= 4 is 11.6 Å². The fourth-order valence-electron chi connectivity index (χ4n) is 2.51. The largest absolute Gasteiger partial charge is 0.483 e. The molecular formula is C16H14F2N2O4. The third kappa shape index (κ3) is 2.76. The topological polar surface area (TPSA) is 82.6 Å². The van der Waals surface area contributed by atoms with Crippen molar-refractivity contribution < 1.29 is 23.4 Å². The van der Waals surface area contributed by atoms with Crippen molar-refractivity contribution in [1.82, 2.24) is 4.98 Å². The lowest BCUT2D eigenvalue weighted by Crippen LogP contribution is -2.50. The molecule has 0 saturated carbocycles. The number of pyridine rings is 1. The number of hydrogen-bond acceptors (Lipinski definition) is 4. The minimum absolute atomic E-state index is 0.135. The van der Waals surface area contributed by atoms with Crippen LogP contribution < -0.4 is 15.2 Å². The lowest BCUT2D eigenvalue weighted by atomic mass is 10.1. The number of fused-ring (bicyclic) bond motifs is 1. The molecule has 1 aromatic heterocycles. The zero-order valence-electron chi connectivity index (χ0n) is 12.6. The third-order valence-electron chi connectivity index (χ3n) is 3.68. The van der Waals surface area contributed by atoms with Gasteiger partial charge in [-0.1, -0.05) is 18.2 Å². The summed E-state index contributed by atoms with van der Waals surface area (Å²) in [7, 11) is 0. The number of carbonyl (C=O) groups is 1. The molecule has 2 N–H and O–H groups in total. The predicted molar refractivity (Wildman–Crippen MR) is 80.9 cm³/mol. The number of nitrogens with zero attached hydrogens (tertiary/aromatic N) is 1. The zero-order valence-corrected chi connectivity index (χ0v) is 12.6. The van der Waals surface area contributed by atoms with Gasteiger partial charge in [0, 0.05) is 17.8 Å². The average molecular weight is 336 g/mol. The first-order valence-electron chi connectivity index (χ1n) is 7.17. The van der Waals surface area contributed by atoms with Gasteiger partial charge in [-0.3, -0.25) is 14.5 Å². The van der Waals surface area contributed by atoms with E-state index in [1.807, 2.05) is 0 Å². The van der Waals surface area contributed by atoms with E-state index >= 15 is 0 Å². The number of aromatic amines is 1. The van der Waals surface area contributed by atoms with Crippen LogP contribution in [0.1, 0.15) is 24.2 Å². The minimum atomic E-state index is -4.04. The Labute approximate surface area is 135 Å². The Hall–Kier alpha value is -2.74. The molecule has 24 heavy (non-hydrogen) atoms. The van der Waals surface area contributed by atoms with Crippen LogP contribution in [0.5, 0.6) is 5.75 Å². The smallest absolute Gasteiger partial charge is 0.423 e. The second-order valence-electron chi connectivity index (χ2n) is 5.44. The van der Waals surface area contributed by atoms with Crippen molar-refractivity contribution in [2.45, 2.75) is 25.7 Å². The highest BCUT2D eigenvalue weighted by atomic mass is 19.3. The number of H-pyrrole nitrogens is 1. The molecule has 1 amide bonds. The molecular weight excluding hydrogens is 322 g/mol. The lowest BCUT2D eigenvalue weighted by molar-refractivity contribution is -0.193. The number of carbonyl (C=O) groups excluding carboxylic acids is 1. The van der Waals surface area contributed by atoms with Gasteiger partial charge >= 0.3 is 12.0 Å². The van der Waals surface area contributed by atoms with Gasteiger partial charge in [-0.15, -0.1) is 0 Å². The molecule has 2 heterocycles. The number of halogens is 2. The van der Waals surface area contributed by atoms with Gasteiger partial charge in [-0.05, 0) is 18.6 Å². The average Bonchev–Trinajstić information content (AvgIpc) is 2.52. The van der Waals surface area contributed by atoms with Crippen LogP contribution in [0, 0.1) is 0 Å². The number of alkyl halides is 2. The number of nitrogens with one attached hydrogen (secondary N) is 1. The van der Waals surface area contributed by atoms with Gasteiger partial charge in [-0.2, -0.15) is 8.78 Å². The number of para-hydroxylation sites is 1. The second kappa shape index (κ2) is 5.72. The number of aliphatic hydroxyl groups is 1. The van der Waals surface area contributed by atoms with E-state index in [0.717, 1.165) is 4.90 Å². The molecule has 0 bridgehead atoms. The number of ether oxygens (including phenoxy) is 1. The van der Waals surface area contributed by atoms with Crippen LogP contribution in [0.4, 0.5) is 14.5 Å². The highest BCUT2D eigenvalue weighted by Gasteiger charge is 2.51. The van der Waals surface area contributed by atoms with Crippen LogP contribution in [-0.2, 0) is 11.3 Å². The first-order chi connectivity index (χ1) is 11.3. The molecule has 6 nitrogen and oxygen atoms in total. The SMILES string of the molecule is C[C@H](O)c1cccc2c1OC(F)(F)C(=O)N2Cc1ccc(=O)[nH]c1. The molecule has 0 unspecified atom stereocenters. The highest BCUT2D eigenvalue weighted by Crippen LogP contribution is 2.44. The first-order valence-corrected chi connectivity index (χ1v) is 7.17. The molecule has 0 aliphatic carbocycles. The summed E-state index contributed by atoms with van der Waals surface area (Å²) >= 11 is 0. The Kier molecular flexibility index (Phi) is 3.84. The standard InChI is InChI=1S/C16H14F2N2O4/c1-9(21)11-3-2-4-12-14(11)24-16(17,18)15(23)20(12)8-10-5-6-13(22)19-7-10/h2-7,9,21H,8H2,1H3,(H,19,22)/t9-/m0/s1. The lowest BCUT2D eigenvalue weighted by Gasteiger charge is -2.34. The van der Waals surface area contributed by atoms with Crippen molar-refractivity contribution in [3.05, 3.63) is 58.0 Å². The van der Waals surface area contributed by atoms with Crippen molar-refractivity contribution in [3.63, 3.8) is 0 Å². The Morgan fingerprint density at radius 2 is 2.04 bits per heavy atom. The molecule has 126 valence electrons. The van der Waals surface area contributed by atoms with E-state index < -0.39 is 18.1 Å². The molecule has 1 aromatic carbocycles. The molecule has 2 aromatic rings. The molecule has 0 saturated heterocycles. The van der Waals surface area contributed by atoms with Gasteiger partial charge in [0.1, 0.15) is 0 Å². The summed E-state index contributed by atoms with van der Waals surface area (Å²) in [6.45, 7) is 1.24. The van der Waals surface area contributed by atoms with E-state index in [2.05, 4.69) is 9.72 Å². The summed E-state index contributed by atoms with van der Waals surface area (Å²) in [5, 5.41) is 9.75. The summed E-state index contributed by atoms with van der Waals surface area (Å²) in [5.41, 5.74) is 0.421. The minimum Gasteiger partial charge on any atom is -0.423 e. The number of aliphatic hydroxyl groups excluding tert-OH is 1. The van der Waals surface area contributed by atoms with Crippen LogP contribution in [-0.4, -0.2) is 22.1 Å². The van der Waals surface area contributed by atoms with E-state index in [4.69, 9.17) is 0 Å². The van der Waals surface area contributed by atoms with Crippen molar-refractivity contribution in [2.24, 2.45) is 0 Å². The first kappa shape index (κ1) is 16.1. The van der Waals surface area contributed by atoms with Gasteiger partial charge in [0.05, 0.1) is 18.3 Å². The van der Waals surface area contributed by atoms with Crippen LogP contribution >= 0.6 is 0 Å². The fourth-order valence-corrected chi connectivity index (χ4v) is 2.51. The monoisotopic (exact) mass is 336 g/mol. The molecule has 0 radical (unpaired) electrons. The maximum atomic E-state index is 14.0. The Balaban J connectivity index is 2.08. The van der Waals surface area contributed by atoms with Crippen LogP contribution in [0.15, 0.2) is 41.3 Å². The van der Waals surface area contributed by atoms with Crippen molar-refractivity contribution in [1.29, 1.82) is 0 Å². The maximum Gasteiger partial charge on any atom is 0.483 e. The van der Waals surface area contributed by atoms with Gasteiger partial charge in [0.15, 0.2) is 5.75 Å². The maximum absolute atomic E-state index is 14.0. The number of aromatic nitrogens is 1. The Bertz CT molecular complexity index is 828. The molecule has 1 atom stereocenters. The second-order valence-corrected chi connectivity index (χ2v) is 5.44. The van der Waals surface area contributed by atoms with E-state index in [-0.39, 0.29) is 29.1 Å². The predicted octanol–water partition coefficient (Wildman–Crippen LogP) is 1.95. The number of amides is 1. The summed E-state index contributed by atoms with van der Waals surface area (Å²) in [6.07, 6.45) is -3.74. The summed E-state index contributed by atoms with van der Waals surface area (Å²) in [5.74, 6) is -1.74. The van der Waals surface area contributed by atoms with E-state index in [1.165, 1.54) is 37.4 Å². The molecule has 1 aliphatic heterocycles. The van der Waals surface area contributed by atoms with Gasteiger partial charge in [0.25, 0.3) is 0 Å². The van der Waals surface area contributed by atoms with Crippen LogP contribution in [0.3, 0.4) is 0 Å². The van der Waals surface area contributed by atoms with Gasteiger partial charge < -0.3 is 14.8 Å². The molecule has 1 aliphatic rings. The van der Waals surface area contributed by atoms with E-state index in [9.17, 15) is 23.5 Å². The molecule has 3 rings (SSSR count). The molecule has 0 fully saturated rings. The van der Waals surface area contributed by atoms with Crippen LogP contribution in [0.25, 0.3) is 0 Å². The van der Waals surface area contributed by atoms with Crippen molar-refractivity contribution in [2.75, 3.05) is 4.90 Å². The number of anilines is 1. The summed E-state index contributed by atoms with van der Waals surface area (Å²) in [4.78, 5) is 26.5. The summed E-state index contributed by atoms with van der Waals surface area (Å²) < 4.78 is 32.5. The quantitative estimate of drug-likeness (QED) is 0.897. The zero-order chi connectivity index (χ0) is 17.5. The Morgan fingerprint density at radius 1 is 1.29 bits per heavy atom. The molecule has 0 spiro atoms. The Morgan fingerprint density at radius 3 is 2.67 bits per heavy atom.